The summed E-state index contributed by atoms with van der Waals surface area (Å²) in [6, 6.07) is 19.9. The standard InChI is InChI=1S/C32H38BN3O6/c1-21-22(17-23(18-29(21)33(39)40)34-30(37)42-32(2,3)4)19-35-13-15-36(16-14-35)31(38)41-20-28-26-11-7-5-9-24(26)25-10-6-8-12-27(25)28/h5-12,17-18,28,39-40H,13-16,19-20H2,1-4H3,(H,34,37). The van der Waals surface area contributed by atoms with Crippen LogP contribution in [0.25, 0.3) is 11.1 Å². The predicted molar refractivity (Wildman–Crippen MR) is 163 cm³/mol. The van der Waals surface area contributed by atoms with Gasteiger partial charge in [-0.25, -0.2) is 9.59 Å². The molecule has 0 atom stereocenters. The smallest absolute Gasteiger partial charge is 0.448 e. The molecule has 2 aliphatic rings. The average molecular weight is 571 g/mol. The van der Waals surface area contributed by atoms with Crippen LogP contribution >= 0.6 is 0 Å². The number of rotatable bonds is 6. The Hall–Kier alpha value is -3.86. The second kappa shape index (κ2) is 12.2. The molecule has 0 radical (unpaired) electrons. The number of amides is 2. The van der Waals surface area contributed by atoms with Gasteiger partial charge in [0.15, 0.2) is 0 Å². The Bertz CT molecular complexity index is 1420. The fourth-order valence-electron chi connectivity index (χ4n) is 5.74. The summed E-state index contributed by atoms with van der Waals surface area (Å²) in [6.07, 6.45) is -0.936. The molecule has 2 amide bonds. The van der Waals surface area contributed by atoms with E-state index >= 15 is 0 Å². The Morgan fingerprint density at radius 2 is 1.55 bits per heavy atom. The number of carbonyl (C=O) groups excluding carboxylic acids is 2. The molecule has 0 saturated carbocycles. The lowest BCUT2D eigenvalue weighted by Crippen LogP contribution is -2.48. The fourth-order valence-corrected chi connectivity index (χ4v) is 5.74. The zero-order chi connectivity index (χ0) is 30.0. The third kappa shape index (κ3) is 6.62. The SMILES string of the molecule is Cc1c(CN2CCN(C(=O)OCC3c4ccccc4-c4ccccc43)CC2)cc(NC(=O)OC(C)(C)C)cc1B(O)O. The van der Waals surface area contributed by atoms with Gasteiger partial charge < -0.3 is 24.4 Å². The van der Waals surface area contributed by atoms with Gasteiger partial charge >= 0.3 is 19.3 Å². The van der Waals surface area contributed by atoms with Crippen molar-refractivity contribution in [3.8, 4) is 11.1 Å². The minimum atomic E-state index is -1.69. The van der Waals surface area contributed by atoms with Gasteiger partial charge in [-0.15, -0.1) is 0 Å². The Morgan fingerprint density at radius 3 is 2.12 bits per heavy atom. The third-order valence-electron chi connectivity index (χ3n) is 7.84. The van der Waals surface area contributed by atoms with Crippen LogP contribution < -0.4 is 10.8 Å². The number of carbonyl (C=O) groups is 2. The van der Waals surface area contributed by atoms with E-state index in [0.717, 1.165) is 11.1 Å². The molecule has 1 saturated heterocycles. The van der Waals surface area contributed by atoms with Crippen LogP contribution in [0.4, 0.5) is 15.3 Å². The number of fused-ring (bicyclic) bond motifs is 3. The molecule has 42 heavy (non-hydrogen) atoms. The third-order valence-corrected chi connectivity index (χ3v) is 7.84. The number of nitrogens with zero attached hydrogens (tertiary/aromatic N) is 2. The molecular formula is C32H38BN3O6. The molecule has 10 heteroatoms. The Labute approximate surface area is 247 Å². The van der Waals surface area contributed by atoms with Gasteiger partial charge in [-0.05, 0) is 78.7 Å². The van der Waals surface area contributed by atoms with Gasteiger partial charge in [0.05, 0.1) is 0 Å². The van der Waals surface area contributed by atoms with Crippen molar-refractivity contribution < 1.29 is 29.1 Å². The van der Waals surface area contributed by atoms with Gasteiger partial charge in [0.2, 0.25) is 0 Å². The normalized spacial score (nSPS) is 15.1. The molecule has 1 heterocycles. The van der Waals surface area contributed by atoms with Crippen LogP contribution in [0.1, 0.15) is 48.9 Å². The average Bonchev–Trinajstić information content (AvgIpc) is 3.26. The maximum absolute atomic E-state index is 13.0. The maximum atomic E-state index is 13.0. The maximum Gasteiger partial charge on any atom is 0.488 e. The van der Waals surface area contributed by atoms with E-state index in [1.54, 1.807) is 31.7 Å². The van der Waals surface area contributed by atoms with E-state index in [1.807, 2.05) is 37.3 Å². The molecule has 220 valence electrons. The number of hydrogen-bond donors (Lipinski definition) is 3. The van der Waals surface area contributed by atoms with Crippen LogP contribution in [-0.4, -0.2) is 77.5 Å². The molecule has 1 aliphatic heterocycles. The van der Waals surface area contributed by atoms with E-state index < -0.39 is 18.8 Å². The van der Waals surface area contributed by atoms with Crippen LogP contribution in [0.3, 0.4) is 0 Å². The van der Waals surface area contributed by atoms with E-state index in [-0.39, 0.29) is 18.6 Å². The fraction of sp³-hybridized carbons (Fsp3) is 0.375. The summed E-state index contributed by atoms with van der Waals surface area (Å²) in [5.41, 5.74) is 6.41. The van der Waals surface area contributed by atoms with Gasteiger partial charge in [0.25, 0.3) is 0 Å². The summed E-state index contributed by atoms with van der Waals surface area (Å²) in [7, 11) is -1.69. The molecule has 1 fully saturated rings. The lowest BCUT2D eigenvalue weighted by atomic mass is 9.75. The van der Waals surface area contributed by atoms with Crippen molar-refractivity contribution in [2.24, 2.45) is 0 Å². The van der Waals surface area contributed by atoms with Crippen molar-refractivity contribution in [3.63, 3.8) is 0 Å². The molecule has 0 unspecified atom stereocenters. The first-order chi connectivity index (χ1) is 20.0. The van der Waals surface area contributed by atoms with Crippen molar-refractivity contribution in [3.05, 3.63) is 82.9 Å². The van der Waals surface area contributed by atoms with Gasteiger partial charge in [-0.3, -0.25) is 10.2 Å². The highest BCUT2D eigenvalue weighted by Gasteiger charge is 2.31. The van der Waals surface area contributed by atoms with E-state index in [0.29, 0.717) is 43.9 Å². The number of piperazine rings is 1. The molecule has 0 spiro atoms. The monoisotopic (exact) mass is 571 g/mol. The lowest BCUT2D eigenvalue weighted by molar-refractivity contribution is 0.0635. The number of anilines is 1. The first kappa shape index (κ1) is 29.6. The first-order valence-electron chi connectivity index (χ1n) is 14.3. The minimum Gasteiger partial charge on any atom is -0.448 e. The lowest BCUT2D eigenvalue weighted by Gasteiger charge is -2.34. The van der Waals surface area contributed by atoms with Gasteiger partial charge in [-0.2, -0.15) is 0 Å². The highest BCUT2D eigenvalue weighted by molar-refractivity contribution is 6.59. The molecule has 1 aliphatic carbocycles. The summed E-state index contributed by atoms with van der Waals surface area (Å²) < 4.78 is 11.2. The summed E-state index contributed by atoms with van der Waals surface area (Å²) >= 11 is 0. The molecule has 3 aromatic carbocycles. The zero-order valence-corrected chi connectivity index (χ0v) is 24.6. The van der Waals surface area contributed by atoms with Crippen LogP contribution in [0.15, 0.2) is 60.7 Å². The predicted octanol–water partition coefficient (Wildman–Crippen LogP) is 4.09. The number of nitrogens with one attached hydrogen (secondary N) is 1. The molecule has 3 aromatic rings. The second-order valence-corrected chi connectivity index (χ2v) is 11.9. The highest BCUT2D eigenvalue weighted by Crippen LogP contribution is 2.44. The van der Waals surface area contributed by atoms with E-state index in [9.17, 15) is 19.6 Å². The van der Waals surface area contributed by atoms with Gasteiger partial charge in [-0.1, -0.05) is 48.5 Å². The summed E-state index contributed by atoms with van der Waals surface area (Å²) in [6.45, 7) is 10.3. The zero-order valence-electron chi connectivity index (χ0n) is 24.6. The van der Waals surface area contributed by atoms with Gasteiger partial charge in [0.1, 0.15) is 12.2 Å². The molecule has 5 rings (SSSR count). The van der Waals surface area contributed by atoms with Crippen LogP contribution in [0.2, 0.25) is 0 Å². The molecular weight excluding hydrogens is 533 g/mol. The van der Waals surface area contributed by atoms with Crippen LogP contribution in [0.5, 0.6) is 0 Å². The largest absolute Gasteiger partial charge is 0.488 e. The number of hydrogen-bond acceptors (Lipinski definition) is 7. The van der Waals surface area contributed by atoms with Crippen molar-refractivity contribution in [1.29, 1.82) is 0 Å². The van der Waals surface area contributed by atoms with E-state index in [2.05, 4.69) is 34.5 Å². The van der Waals surface area contributed by atoms with Gasteiger partial charge in [0, 0.05) is 44.3 Å². The first-order valence-corrected chi connectivity index (χ1v) is 14.3. The molecule has 3 N–H and O–H groups in total. The summed E-state index contributed by atoms with van der Waals surface area (Å²) in [5, 5.41) is 22.6. The number of ether oxygens (including phenoxy) is 2. The van der Waals surface area contributed by atoms with Crippen molar-refractivity contribution in [1.82, 2.24) is 9.80 Å². The molecule has 0 bridgehead atoms. The summed E-state index contributed by atoms with van der Waals surface area (Å²) in [5.74, 6) is 0.0169. The van der Waals surface area contributed by atoms with Crippen molar-refractivity contribution in [2.45, 2.75) is 45.8 Å². The Morgan fingerprint density at radius 1 is 0.952 bits per heavy atom. The van der Waals surface area contributed by atoms with Crippen molar-refractivity contribution >= 4 is 30.5 Å². The van der Waals surface area contributed by atoms with E-state index in [4.69, 9.17) is 9.47 Å². The quantitative estimate of drug-likeness (QED) is 0.383. The Kier molecular flexibility index (Phi) is 8.59. The molecule has 9 nitrogen and oxygen atoms in total. The van der Waals surface area contributed by atoms with Crippen LogP contribution in [0, 0.1) is 6.92 Å². The van der Waals surface area contributed by atoms with E-state index in [1.165, 1.54) is 22.3 Å². The van der Waals surface area contributed by atoms with Crippen LogP contribution in [-0.2, 0) is 16.0 Å². The summed E-state index contributed by atoms with van der Waals surface area (Å²) in [4.78, 5) is 29.3. The highest BCUT2D eigenvalue weighted by atomic mass is 16.6. The minimum absolute atomic E-state index is 0.0169. The second-order valence-electron chi connectivity index (χ2n) is 11.9. The Balaban J connectivity index is 1.19. The van der Waals surface area contributed by atoms with Crippen molar-refractivity contribution in [2.75, 3.05) is 38.1 Å². The topological polar surface area (TPSA) is 112 Å². The molecule has 0 aromatic heterocycles. The number of benzene rings is 3.